The van der Waals surface area contributed by atoms with E-state index in [9.17, 15) is 4.79 Å². The number of nitrogens with zero attached hydrogens (tertiary/aromatic N) is 2. The molecule has 0 N–H and O–H groups in total. The Balaban J connectivity index is 2.01. The Morgan fingerprint density at radius 3 is 3.28 bits per heavy atom. The molecule has 96 valence electrons. The molecule has 0 saturated carbocycles. The van der Waals surface area contributed by atoms with E-state index in [1.807, 2.05) is 5.38 Å². The predicted octanol–water partition coefficient (Wildman–Crippen LogP) is 2.10. The molecule has 1 fully saturated rings. The highest BCUT2D eigenvalue weighted by Crippen LogP contribution is 2.33. The fourth-order valence-electron chi connectivity index (χ4n) is 1.88. The summed E-state index contributed by atoms with van der Waals surface area (Å²) in [5.74, 6) is 0.950. The van der Waals surface area contributed by atoms with Crippen LogP contribution >= 0.6 is 23.1 Å². The first kappa shape index (κ1) is 13.4. The maximum absolute atomic E-state index is 12.2. The van der Waals surface area contributed by atoms with Crippen LogP contribution in [0.1, 0.15) is 12.0 Å². The van der Waals surface area contributed by atoms with Crippen molar-refractivity contribution >= 4 is 34.0 Å². The highest BCUT2D eigenvalue weighted by Gasteiger charge is 2.34. The van der Waals surface area contributed by atoms with Crippen LogP contribution in [-0.4, -0.2) is 37.2 Å². The lowest BCUT2D eigenvalue weighted by Crippen LogP contribution is -2.28. The van der Waals surface area contributed by atoms with Gasteiger partial charge in [0.25, 0.3) is 0 Å². The van der Waals surface area contributed by atoms with Gasteiger partial charge in [0.15, 0.2) is 0 Å². The van der Waals surface area contributed by atoms with E-state index in [0.717, 1.165) is 17.2 Å². The van der Waals surface area contributed by atoms with Gasteiger partial charge in [-0.05, 0) is 17.9 Å². The molecule has 1 saturated heterocycles. The summed E-state index contributed by atoms with van der Waals surface area (Å²) in [7, 11) is 1.66. The summed E-state index contributed by atoms with van der Waals surface area (Å²) in [5.41, 5.74) is 0.593. The highest BCUT2D eigenvalue weighted by atomic mass is 32.2. The molecule has 1 aliphatic rings. The van der Waals surface area contributed by atoms with Crippen LogP contribution in [0.4, 0.5) is 5.00 Å². The van der Waals surface area contributed by atoms with Gasteiger partial charge >= 0.3 is 0 Å². The minimum absolute atomic E-state index is 0.00814. The molecule has 0 aliphatic carbocycles. The van der Waals surface area contributed by atoms with E-state index >= 15 is 0 Å². The molecule has 6 heteroatoms. The molecule has 18 heavy (non-hydrogen) atoms. The molecular formula is C12H14N2O2S2. The minimum atomic E-state index is 0.00814. The predicted molar refractivity (Wildman–Crippen MR) is 74.1 cm³/mol. The van der Waals surface area contributed by atoms with Crippen LogP contribution in [0.15, 0.2) is 11.4 Å². The third-order valence-corrected chi connectivity index (χ3v) is 4.95. The third kappa shape index (κ3) is 2.69. The van der Waals surface area contributed by atoms with Gasteiger partial charge in [-0.25, -0.2) is 0 Å². The van der Waals surface area contributed by atoms with Gasteiger partial charge in [-0.1, -0.05) is 0 Å². The second kappa shape index (κ2) is 6.23. The van der Waals surface area contributed by atoms with Crippen LogP contribution in [-0.2, 0) is 9.53 Å². The van der Waals surface area contributed by atoms with Crippen molar-refractivity contribution in [3.05, 3.63) is 17.0 Å². The van der Waals surface area contributed by atoms with Crippen molar-refractivity contribution in [2.75, 3.05) is 30.9 Å². The van der Waals surface area contributed by atoms with Crippen LogP contribution in [0, 0.1) is 11.3 Å². The summed E-state index contributed by atoms with van der Waals surface area (Å²) in [4.78, 5) is 14.0. The molecule has 1 aromatic heterocycles. The van der Waals surface area contributed by atoms with E-state index in [0.29, 0.717) is 18.7 Å². The number of methoxy groups -OCH3 is 1. The molecule has 0 unspecified atom stereocenters. The van der Waals surface area contributed by atoms with E-state index < -0.39 is 0 Å². The van der Waals surface area contributed by atoms with Crippen LogP contribution in [0.25, 0.3) is 0 Å². The number of carbonyl (C=O) groups is 1. The number of thiophene rings is 1. The lowest BCUT2D eigenvalue weighted by Gasteiger charge is -2.14. The van der Waals surface area contributed by atoms with Gasteiger partial charge in [0.2, 0.25) is 5.91 Å². The van der Waals surface area contributed by atoms with Gasteiger partial charge in [-0.3, -0.25) is 4.79 Å². The van der Waals surface area contributed by atoms with Crippen LogP contribution in [0.2, 0.25) is 0 Å². The van der Waals surface area contributed by atoms with Crippen LogP contribution in [0.3, 0.4) is 0 Å². The van der Waals surface area contributed by atoms with E-state index in [-0.39, 0.29) is 11.2 Å². The molecule has 1 atom stereocenters. The first-order valence-electron chi connectivity index (χ1n) is 5.67. The summed E-state index contributed by atoms with van der Waals surface area (Å²) in [5, 5.41) is 11.6. The zero-order valence-electron chi connectivity index (χ0n) is 10.1. The number of carbonyl (C=O) groups excluding carboxylic acids is 1. The molecule has 0 spiro atoms. The van der Waals surface area contributed by atoms with Crippen molar-refractivity contribution in [2.45, 2.75) is 11.7 Å². The standard InChI is InChI=1S/C12H14N2O2S2/c1-16-5-7-17-10-2-4-14(11(10)15)12-9(8-13)3-6-18-12/h3,6,10H,2,4-5,7H2,1H3/t10-/m1/s1. The third-order valence-electron chi connectivity index (χ3n) is 2.77. The normalized spacial score (nSPS) is 19.2. The number of rotatable bonds is 5. The Labute approximate surface area is 115 Å². The van der Waals surface area contributed by atoms with Crippen LogP contribution < -0.4 is 4.90 Å². The van der Waals surface area contributed by atoms with Gasteiger partial charge in [-0.2, -0.15) is 5.26 Å². The maximum Gasteiger partial charge on any atom is 0.240 e. The summed E-state index contributed by atoms with van der Waals surface area (Å²) in [6.07, 6.45) is 0.843. The molecule has 1 amide bonds. The van der Waals surface area contributed by atoms with Gasteiger partial charge < -0.3 is 9.64 Å². The van der Waals surface area contributed by atoms with Crippen molar-refractivity contribution in [1.29, 1.82) is 5.26 Å². The number of nitriles is 1. The summed E-state index contributed by atoms with van der Waals surface area (Å²) >= 11 is 3.09. The van der Waals surface area contributed by atoms with Crippen molar-refractivity contribution in [2.24, 2.45) is 0 Å². The average molecular weight is 282 g/mol. The van der Waals surface area contributed by atoms with Crippen molar-refractivity contribution in [3.63, 3.8) is 0 Å². The van der Waals surface area contributed by atoms with Gasteiger partial charge in [0, 0.05) is 19.4 Å². The number of ether oxygens (including phenoxy) is 1. The van der Waals surface area contributed by atoms with Gasteiger partial charge in [-0.15, -0.1) is 23.1 Å². The fourth-order valence-corrected chi connectivity index (χ4v) is 3.85. The topological polar surface area (TPSA) is 53.3 Å². The zero-order chi connectivity index (χ0) is 13.0. The fraction of sp³-hybridized carbons (Fsp3) is 0.500. The van der Waals surface area contributed by atoms with E-state index in [1.54, 1.807) is 29.8 Å². The lowest BCUT2D eigenvalue weighted by atomic mass is 10.3. The number of anilines is 1. The van der Waals surface area contributed by atoms with E-state index in [4.69, 9.17) is 10.00 Å². The summed E-state index contributed by atoms with van der Waals surface area (Å²) < 4.78 is 4.99. The monoisotopic (exact) mass is 282 g/mol. The average Bonchev–Trinajstić information content (AvgIpc) is 2.97. The van der Waals surface area contributed by atoms with Gasteiger partial charge in [0.1, 0.15) is 11.1 Å². The number of hydrogen-bond donors (Lipinski definition) is 0. The highest BCUT2D eigenvalue weighted by molar-refractivity contribution is 8.00. The smallest absolute Gasteiger partial charge is 0.240 e. The Morgan fingerprint density at radius 1 is 1.72 bits per heavy atom. The Bertz CT molecular complexity index is 467. The first-order valence-corrected chi connectivity index (χ1v) is 7.60. The Morgan fingerprint density at radius 2 is 2.56 bits per heavy atom. The van der Waals surface area contributed by atoms with Crippen LogP contribution in [0.5, 0.6) is 0 Å². The summed E-state index contributed by atoms with van der Waals surface area (Å²) in [6, 6.07) is 3.89. The molecule has 1 aromatic rings. The Kier molecular flexibility index (Phi) is 4.64. The Hall–Kier alpha value is -1.03. The van der Waals surface area contributed by atoms with Crippen molar-refractivity contribution < 1.29 is 9.53 Å². The molecule has 0 aromatic carbocycles. The second-order valence-electron chi connectivity index (χ2n) is 3.88. The largest absolute Gasteiger partial charge is 0.384 e. The molecule has 0 radical (unpaired) electrons. The number of hydrogen-bond acceptors (Lipinski definition) is 5. The van der Waals surface area contributed by atoms with E-state index in [2.05, 4.69) is 6.07 Å². The number of amides is 1. The van der Waals surface area contributed by atoms with E-state index in [1.165, 1.54) is 11.3 Å². The van der Waals surface area contributed by atoms with Crippen molar-refractivity contribution in [1.82, 2.24) is 0 Å². The first-order chi connectivity index (χ1) is 8.77. The summed E-state index contributed by atoms with van der Waals surface area (Å²) in [6.45, 7) is 1.37. The molecule has 2 rings (SSSR count). The molecule has 4 nitrogen and oxygen atoms in total. The van der Waals surface area contributed by atoms with Crippen molar-refractivity contribution in [3.8, 4) is 6.07 Å². The number of thioether (sulfide) groups is 1. The molecule has 1 aliphatic heterocycles. The minimum Gasteiger partial charge on any atom is -0.384 e. The van der Waals surface area contributed by atoms with Gasteiger partial charge in [0.05, 0.1) is 17.4 Å². The zero-order valence-corrected chi connectivity index (χ0v) is 11.7. The SMILES string of the molecule is COCCS[C@@H]1CCN(c2sccc2C#N)C1=O. The quantitative estimate of drug-likeness (QED) is 0.776. The molecule has 2 heterocycles. The molecule has 0 bridgehead atoms. The second-order valence-corrected chi connectivity index (χ2v) is 6.09. The maximum atomic E-state index is 12.2. The molecular weight excluding hydrogens is 268 g/mol. The lowest BCUT2D eigenvalue weighted by molar-refractivity contribution is -0.116.